The summed E-state index contributed by atoms with van der Waals surface area (Å²) in [5, 5.41) is 4.24. The van der Waals surface area contributed by atoms with Crippen molar-refractivity contribution in [3.63, 3.8) is 0 Å². The van der Waals surface area contributed by atoms with Crippen LogP contribution in [-0.2, 0) is 19.3 Å². The van der Waals surface area contributed by atoms with Crippen molar-refractivity contribution in [2.45, 2.75) is 52.8 Å². The first-order valence-electron chi connectivity index (χ1n) is 16.9. The third-order valence-electron chi connectivity index (χ3n) is 10.2. The second-order valence-corrected chi connectivity index (χ2v) is 18.9. The molecule has 0 atom stereocenters. The fraction of sp³-hybridized carbons (Fsp3) is 0.182. The van der Waals surface area contributed by atoms with Crippen molar-refractivity contribution in [3.8, 4) is 39.1 Å². The lowest BCUT2D eigenvalue weighted by Crippen LogP contribution is -2.39. The average molecular weight is 612 g/mol. The van der Waals surface area contributed by atoms with E-state index >= 15 is 0 Å². The zero-order chi connectivity index (χ0) is 31.6. The molecule has 0 unspecified atom stereocenters. The highest BCUT2D eigenvalue weighted by Gasteiger charge is 2.29. The van der Waals surface area contributed by atoms with Gasteiger partial charge in [-0.15, -0.1) is 0 Å². The molecule has 7 aromatic rings. The molecule has 1 aromatic heterocycles. The van der Waals surface area contributed by atoms with Gasteiger partial charge in [0.2, 0.25) is 0 Å². The van der Waals surface area contributed by atoms with Gasteiger partial charge in [-0.05, 0) is 111 Å². The maximum atomic E-state index is 2.48. The molecule has 0 N–H and O–H groups in total. The normalized spacial score (nSPS) is 12.5. The van der Waals surface area contributed by atoms with Gasteiger partial charge >= 0.3 is 0 Å². The number of nitrogens with zero attached hydrogens (tertiary/aromatic N) is 1. The van der Waals surface area contributed by atoms with E-state index in [2.05, 4.69) is 159 Å². The Morgan fingerprint density at radius 3 is 1.93 bits per heavy atom. The lowest BCUT2D eigenvalue weighted by molar-refractivity contribution is 1.12. The van der Waals surface area contributed by atoms with E-state index in [1.165, 1.54) is 77.6 Å². The van der Waals surface area contributed by atoms with Crippen LogP contribution in [-0.4, -0.2) is 12.6 Å². The summed E-state index contributed by atoms with van der Waals surface area (Å²) in [6, 6.07) is 45.9. The fourth-order valence-electron chi connectivity index (χ4n) is 7.98. The third-order valence-corrected chi connectivity index (χ3v) is 12.3. The molecule has 8 rings (SSSR count). The van der Waals surface area contributed by atoms with E-state index in [-0.39, 0.29) is 0 Å². The third kappa shape index (κ3) is 4.50. The van der Waals surface area contributed by atoms with Crippen LogP contribution < -0.4 is 5.19 Å². The summed E-state index contributed by atoms with van der Waals surface area (Å²) < 4.78 is 2.47. The smallest absolute Gasteiger partial charge is 0.0779 e. The Hall–Kier alpha value is -4.66. The fourth-order valence-corrected chi connectivity index (χ4v) is 9.70. The minimum Gasteiger partial charge on any atom is -0.309 e. The van der Waals surface area contributed by atoms with Gasteiger partial charge in [-0.2, -0.15) is 0 Å². The van der Waals surface area contributed by atoms with Crippen molar-refractivity contribution >= 4 is 35.1 Å². The molecule has 1 nitrogen and oxygen atoms in total. The highest BCUT2D eigenvalue weighted by Crippen LogP contribution is 2.44. The lowest BCUT2D eigenvalue weighted by Gasteiger charge is -2.20. The number of fused-ring (bicyclic) bond motifs is 6. The first kappa shape index (κ1) is 28.8. The number of aromatic nitrogens is 1. The van der Waals surface area contributed by atoms with Crippen molar-refractivity contribution < 1.29 is 0 Å². The average Bonchev–Trinajstić information content (AvgIpc) is 3.62. The Balaban J connectivity index is 1.37. The van der Waals surface area contributed by atoms with Crippen molar-refractivity contribution in [2.24, 2.45) is 0 Å². The van der Waals surface area contributed by atoms with Gasteiger partial charge in [0, 0.05) is 16.5 Å². The largest absolute Gasteiger partial charge is 0.309 e. The highest BCUT2D eigenvalue weighted by atomic mass is 28.3. The van der Waals surface area contributed by atoms with Gasteiger partial charge in [0.25, 0.3) is 0 Å². The summed E-state index contributed by atoms with van der Waals surface area (Å²) in [6.45, 7) is 12.0. The number of hydrogen-bond acceptors (Lipinski definition) is 0. The molecule has 0 spiro atoms. The Kier molecular flexibility index (Phi) is 6.88. The summed E-state index contributed by atoms with van der Waals surface area (Å²) in [6.07, 6.45) is 3.03. The molecule has 0 aliphatic heterocycles. The van der Waals surface area contributed by atoms with Gasteiger partial charge in [-0.3, -0.25) is 0 Å². The molecule has 1 aliphatic carbocycles. The van der Waals surface area contributed by atoms with E-state index in [1.54, 1.807) is 10.8 Å². The lowest BCUT2D eigenvalue weighted by atomic mass is 9.91. The minimum atomic E-state index is -1.47. The Morgan fingerprint density at radius 2 is 1.17 bits per heavy atom. The van der Waals surface area contributed by atoms with Gasteiger partial charge in [-0.25, -0.2) is 0 Å². The summed E-state index contributed by atoms with van der Waals surface area (Å²) in [4.78, 5) is 0. The van der Waals surface area contributed by atoms with Crippen molar-refractivity contribution in [2.75, 3.05) is 0 Å². The maximum Gasteiger partial charge on any atom is 0.0779 e. The SMILES string of the molecule is CCc1ccccc1-c1cc2c(cc1CC)c1cc(-c3cccc4c3Cc3c-4cccc3[Si](C)(C)C)ccc1n2-c1ccccc1. The quantitative estimate of drug-likeness (QED) is 0.165. The molecule has 226 valence electrons. The molecule has 46 heavy (non-hydrogen) atoms. The number of rotatable bonds is 6. The van der Waals surface area contributed by atoms with Gasteiger partial charge in [-0.1, -0.05) is 124 Å². The van der Waals surface area contributed by atoms with Crippen molar-refractivity contribution in [3.05, 3.63) is 144 Å². The van der Waals surface area contributed by atoms with Crippen LogP contribution in [0.5, 0.6) is 0 Å². The zero-order valence-corrected chi connectivity index (χ0v) is 28.6. The summed E-state index contributed by atoms with van der Waals surface area (Å²) in [5.41, 5.74) is 17.8. The van der Waals surface area contributed by atoms with Crippen LogP contribution in [0.25, 0.3) is 60.9 Å². The van der Waals surface area contributed by atoms with Crippen LogP contribution in [0, 0.1) is 0 Å². The molecular formula is C44H41NSi. The first-order valence-corrected chi connectivity index (χ1v) is 20.4. The summed E-state index contributed by atoms with van der Waals surface area (Å²) in [7, 11) is -1.47. The molecule has 0 fully saturated rings. The van der Waals surface area contributed by atoms with E-state index in [0.29, 0.717) is 0 Å². The second kappa shape index (κ2) is 11.0. The minimum absolute atomic E-state index is 0.991. The highest BCUT2D eigenvalue weighted by molar-refractivity contribution is 6.89. The Bertz CT molecular complexity index is 2280. The van der Waals surface area contributed by atoms with Crippen LogP contribution in [0.2, 0.25) is 19.6 Å². The van der Waals surface area contributed by atoms with Crippen molar-refractivity contribution in [1.82, 2.24) is 4.57 Å². The molecule has 0 saturated heterocycles. The predicted molar refractivity (Wildman–Crippen MR) is 202 cm³/mol. The topological polar surface area (TPSA) is 4.93 Å². The summed E-state index contributed by atoms with van der Waals surface area (Å²) in [5.74, 6) is 0. The molecule has 1 heterocycles. The van der Waals surface area contributed by atoms with E-state index in [1.807, 2.05) is 0 Å². The van der Waals surface area contributed by atoms with Crippen LogP contribution in [0.15, 0.2) is 121 Å². The zero-order valence-electron chi connectivity index (χ0n) is 27.6. The number of hydrogen-bond donors (Lipinski definition) is 0. The predicted octanol–water partition coefficient (Wildman–Crippen LogP) is 11.4. The number of aryl methyl sites for hydroxylation is 2. The standard InChI is InChI=1S/C44H41NSi/c1-6-29-15-11-12-18-33(29)37-28-43-40(25-30(37)7-2)39-26-31(23-24-42(39)45(43)32-16-9-8-10-17-32)34-19-13-20-35-36-21-14-22-44(46(3,4)5)41(36)27-38(34)35/h8-26,28H,6-7,27H2,1-5H3. The van der Waals surface area contributed by atoms with Crippen LogP contribution in [0.4, 0.5) is 0 Å². The van der Waals surface area contributed by atoms with Crippen molar-refractivity contribution in [1.29, 1.82) is 0 Å². The molecule has 0 amide bonds. The molecule has 2 heteroatoms. The first-order chi connectivity index (χ1) is 22.4. The van der Waals surface area contributed by atoms with E-state index in [0.717, 1.165) is 19.3 Å². The monoisotopic (exact) mass is 611 g/mol. The van der Waals surface area contributed by atoms with E-state index in [4.69, 9.17) is 0 Å². The number of para-hydroxylation sites is 1. The molecular weight excluding hydrogens is 571 g/mol. The summed E-state index contributed by atoms with van der Waals surface area (Å²) >= 11 is 0. The maximum absolute atomic E-state index is 2.48. The van der Waals surface area contributed by atoms with E-state index < -0.39 is 8.07 Å². The van der Waals surface area contributed by atoms with Gasteiger partial charge in [0.15, 0.2) is 0 Å². The number of benzene rings is 6. The second-order valence-electron chi connectivity index (χ2n) is 13.9. The molecule has 6 aromatic carbocycles. The van der Waals surface area contributed by atoms with Crippen LogP contribution >= 0.6 is 0 Å². The molecule has 0 radical (unpaired) electrons. The van der Waals surface area contributed by atoms with Gasteiger partial charge in [0.05, 0.1) is 19.1 Å². The van der Waals surface area contributed by atoms with Crippen LogP contribution in [0.1, 0.15) is 36.1 Å². The van der Waals surface area contributed by atoms with Gasteiger partial charge < -0.3 is 4.57 Å². The Morgan fingerprint density at radius 1 is 0.522 bits per heavy atom. The van der Waals surface area contributed by atoms with E-state index in [9.17, 15) is 0 Å². The molecule has 0 saturated carbocycles. The Labute approximate surface area is 274 Å². The van der Waals surface area contributed by atoms with Crippen LogP contribution in [0.3, 0.4) is 0 Å². The van der Waals surface area contributed by atoms with Gasteiger partial charge in [0.1, 0.15) is 0 Å². The molecule has 0 bridgehead atoms. The molecule has 1 aliphatic rings.